The van der Waals surface area contributed by atoms with Crippen molar-refractivity contribution in [3.8, 4) is 0 Å². The number of carbonyl (C=O) groups excluding carboxylic acids is 1. The third-order valence-electron chi connectivity index (χ3n) is 3.74. The number of nitrogens with one attached hydrogen (secondary N) is 1. The average Bonchev–Trinajstić information content (AvgIpc) is 2.86. The Kier molecular flexibility index (Phi) is 4.27. The summed E-state index contributed by atoms with van der Waals surface area (Å²) in [5, 5.41) is 3.08. The molecule has 18 heavy (non-hydrogen) atoms. The molecule has 1 unspecified atom stereocenters. The van der Waals surface area contributed by atoms with Gasteiger partial charge in [0.2, 0.25) is 0 Å². The van der Waals surface area contributed by atoms with Crippen LogP contribution in [0.25, 0.3) is 0 Å². The van der Waals surface area contributed by atoms with Crippen molar-refractivity contribution in [1.82, 2.24) is 5.32 Å². The summed E-state index contributed by atoms with van der Waals surface area (Å²) in [5.41, 5.74) is 6.99. The topological polar surface area (TPSA) is 55.1 Å². The first-order valence-electron chi connectivity index (χ1n) is 6.44. The van der Waals surface area contributed by atoms with E-state index in [2.05, 4.69) is 28.2 Å². The second kappa shape index (κ2) is 5.74. The molecule has 3 N–H and O–H groups in total. The number of nitrogens with two attached hydrogens (primary N) is 1. The van der Waals surface area contributed by atoms with E-state index in [-0.39, 0.29) is 11.9 Å². The molecule has 1 aromatic rings. The fourth-order valence-electron chi connectivity index (χ4n) is 2.58. The zero-order valence-corrected chi connectivity index (χ0v) is 12.2. The standard InChI is InChI=1S/C14H19BrN2O/c1-9(10-5-2-3-6-10)17-14(18)11-7-4-8-12(16)13(11)15/h4,7-10H,2-3,5-6,16H2,1H3,(H,17,18). The van der Waals surface area contributed by atoms with Crippen LogP contribution in [-0.4, -0.2) is 11.9 Å². The molecule has 0 saturated heterocycles. The maximum atomic E-state index is 12.2. The number of carbonyl (C=O) groups is 1. The van der Waals surface area contributed by atoms with E-state index in [1.807, 2.05) is 0 Å². The fourth-order valence-corrected chi connectivity index (χ4v) is 3.03. The van der Waals surface area contributed by atoms with Gasteiger partial charge < -0.3 is 11.1 Å². The van der Waals surface area contributed by atoms with Gasteiger partial charge in [-0.25, -0.2) is 0 Å². The molecule has 0 radical (unpaired) electrons. The van der Waals surface area contributed by atoms with Gasteiger partial charge in [-0.05, 0) is 53.7 Å². The van der Waals surface area contributed by atoms with Crippen LogP contribution in [-0.2, 0) is 0 Å². The highest BCUT2D eigenvalue weighted by atomic mass is 79.9. The van der Waals surface area contributed by atoms with Crippen LogP contribution in [0, 0.1) is 5.92 Å². The lowest BCUT2D eigenvalue weighted by atomic mass is 9.99. The van der Waals surface area contributed by atoms with E-state index in [0.717, 1.165) is 0 Å². The second-order valence-electron chi connectivity index (χ2n) is 5.02. The highest BCUT2D eigenvalue weighted by Gasteiger charge is 2.23. The van der Waals surface area contributed by atoms with Gasteiger partial charge in [-0.2, -0.15) is 0 Å². The maximum absolute atomic E-state index is 12.2. The van der Waals surface area contributed by atoms with Crippen molar-refractivity contribution in [3.05, 3.63) is 28.2 Å². The molecule has 0 heterocycles. The molecule has 1 aromatic carbocycles. The largest absolute Gasteiger partial charge is 0.398 e. The minimum atomic E-state index is -0.0476. The maximum Gasteiger partial charge on any atom is 0.252 e. The van der Waals surface area contributed by atoms with Gasteiger partial charge in [0.1, 0.15) is 0 Å². The van der Waals surface area contributed by atoms with E-state index in [1.54, 1.807) is 18.2 Å². The number of hydrogen-bond donors (Lipinski definition) is 2. The highest BCUT2D eigenvalue weighted by Crippen LogP contribution is 2.28. The lowest BCUT2D eigenvalue weighted by Crippen LogP contribution is -2.37. The number of halogens is 1. The van der Waals surface area contributed by atoms with Crippen molar-refractivity contribution in [3.63, 3.8) is 0 Å². The van der Waals surface area contributed by atoms with Gasteiger partial charge in [0.05, 0.1) is 10.0 Å². The predicted octanol–water partition coefficient (Wildman–Crippen LogP) is 3.34. The van der Waals surface area contributed by atoms with Crippen LogP contribution in [0.2, 0.25) is 0 Å². The molecule has 0 spiro atoms. The molecule has 1 aliphatic carbocycles. The molecule has 98 valence electrons. The van der Waals surface area contributed by atoms with Crippen LogP contribution in [0.3, 0.4) is 0 Å². The van der Waals surface area contributed by atoms with Gasteiger partial charge in [-0.1, -0.05) is 18.9 Å². The van der Waals surface area contributed by atoms with Crippen LogP contribution >= 0.6 is 15.9 Å². The third-order valence-corrected chi connectivity index (χ3v) is 4.62. The van der Waals surface area contributed by atoms with Crippen molar-refractivity contribution >= 4 is 27.5 Å². The number of rotatable bonds is 3. The van der Waals surface area contributed by atoms with Crippen molar-refractivity contribution in [2.75, 3.05) is 5.73 Å². The summed E-state index contributed by atoms with van der Waals surface area (Å²) in [5.74, 6) is 0.572. The Hall–Kier alpha value is -1.03. The first-order valence-corrected chi connectivity index (χ1v) is 7.23. The summed E-state index contributed by atoms with van der Waals surface area (Å²) in [6, 6.07) is 5.60. The molecule has 3 nitrogen and oxygen atoms in total. The number of amides is 1. The molecule has 0 aromatic heterocycles. The van der Waals surface area contributed by atoms with Gasteiger partial charge in [-0.3, -0.25) is 4.79 Å². The van der Waals surface area contributed by atoms with E-state index in [4.69, 9.17) is 5.73 Å². The van der Waals surface area contributed by atoms with E-state index in [9.17, 15) is 4.79 Å². The molecule has 2 rings (SSSR count). The van der Waals surface area contributed by atoms with Crippen LogP contribution in [0.1, 0.15) is 43.0 Å². The zero-order chi connectivity index (χ0) is 13.1. The van der Waals surface area contributed by atoms with E-state index in [1.165, 1.54) is 25.7 Å². The van der Waals surface area contributed by atoms with Gasteiger partial charge in [0.15, 0.2) is 0 Å². The molecule has 0 bridgehead atoms. The Morgan fingerprint density at radius 2 is 2.11 bits per heavy atom. The molecule has 0 aliphatic heterocycles. The number of benzene rings is 1. The first kappa shape index (κ1) is 13.4. The normalized spacial score (nSPS) is 17.7. The smallest absolute Gasteiger partial charge is 0.252 e. The van der Waals surface area contributed by atoms with Crippen molar-refractivity contribution in [1.29, 1.82) is 0 Å². The van der Waals surface area contributed by atoms with Gasteiger partial charge in [0.25, 0.3) is 5.91 Å². The van der Waals surface area contributed by atoms with Crippen LogP contribution in [0.15, 0.2) is 22.7 Å². The zero-order valence-electron chi connectivity index (χ0n) is 10.6. The Labute approximate surface area is 116 Å². The number of nitrogen functional groups attached to an aromatic ring is 1. The molecule has 1 aliphatic rings. The summed E-state index contributed by atoms with van der Waals surface area (Å²) in [6.45, 7) is 2.09. The second-order valence-corrected chi connectivity index (χ2v) is 5.81. The summed E-state index contributed by atoms with van der Waals surface area (Å²) in [4.78, 5) is 12.2. The first-order chi connectivity index (χ1) is 8.59. The summed E-state index contributed by atoms with van der Waals surface area (Å²) in [6.07, 6.45) is 5.01. The van der Waals surface area contributed by atoms with E-state index < -0.39 is 0 Å². The minimum absolute atomic E-state index is 0.0476. The fraction of sp³-hybridized carbons (Fsp3) is 0.500. The lowest BCUT2D eigenvalue weighted by molar-refractivity contribution is 0.0926. The summed E-state index contributed by atoms with van der Waals surface area (Å²) < 4.78 is 0.682. The predicted molar refractivity (Wildman–Crippen MR) is 77.4 cm³/mol. The van der Waals surface area contributed by atoms with Gasteiger partial charge in [-0.15, -0.1) is 0 Å². The van der Waals surface area contributed by atoms with Crippen molar-refractivity contribution in [2.24, 2.45) is 5.92 Å². The summed E-state index contributed by atoms with van der Waals surface area (Å²) in [7, 11) is 0. The lowest BCUT2D eigenvalue weighted by Gasteiger charge is -2.20. The van der Waals surface area contributed by atoms with Gasteiger partial charge >= 0.3 is 0 Å². The monoisotopic (exact) mass is 310 g/mol. The molecule has 4 heteroatoms. The van der Waals surface area contributed by atoms with Gasteiger partial charge in [0, 0.05) is 11.7 Å². The molecule has 1 atom stereocenters. The molecule has 1 fully saturated rings. The Morgan fingerprint density at radius 1 is 1.44 bits per heavy atom. The third kappa shape index (κ3) is 2.86. The average molecular weight is 311 g/mol. The minimum Gasteiger partial charge on any atom is -0.398 e. The Bertz CT molecular complexity index is 441. The SMILES string of the molecule is CC(NC(=O)c1cccc(N)c1Br)C1CCCC1. The molecule has 1 amide bonds. The molecular weight excluding hydrogens is 292 g/mol. The van der Waals surface area contributed by atoms with Crippen molar-refractivity contribution in [2.45, 2.75) is 38.6 Å². The van der Waals surface area contributed by atoms with E-state index >= 15 is 0 Å². The van der Waals surface area contributed by atoms with E-state index in [0.29, 0.717) is 21.6 Å². The summed E-state index contributed by atoms with van der Waals surface area (Å²) >= 11 is 3.37. The Morgan fingerprint density at radius 3 is 2.78 bits per heavy atom. The molecular formula is C14H19BrN2O. The highest BCUT2D eigenvalue weighted by molar-refractivity contribution is 9.10. The van der Waals surface area contributed by atoms with Crippen LogP contribution in [0.5, 0.6) is 0 Å². The van der Waals surface area contributed by atoms with Crippen LogP contribution in [0.4, 0.5) is 5.69 Å². The number of anilines is 1. The van der Waals surface area contributed by atoms with Crippen LogP contribution < -0.4 is 11.1 Å². The van der Waals surface area contributed by atoms with Crippen molar-refractivity contribution < 1.29 is 4.79 Å². The number of hydrogen-bond acceptors (Lipinski definition) is 2. The molecule has 1 saturated carbocycles. The quantitative estimate of drug-likeness (QED) is 0.841. The Balaban J connectivity index is 2.05.